The Morgan fingerprint density at radius 2 is 1.78 bits per heavy atom. The van der Waals surface area contributed by atoms with E-state index in [4.69, 9.17) is 4.74 Å². The van der Waals surface area contributed by atoms with E-state index in [1.165, 1.54) is 0 Å². The van der Waals surface area contributed by atoms with E-state index in [0.29, 0.717) is 13.2 Å². The second kappa shape index (κ2) is 5.51. The smallest absolute Gasteiger partial charge is 0.128 e. The molecule has 3 nitrogen and oxygen atoms in total. The minimum Gasteiger partial charge on any atom is -0.379 e. The zero-order valence-electron chi connectivity index (χ0n) is 11.3. The molecule has 1 atom stereocenters. The molecule has 0 saturated carbocycles. The Hall–Kier alpha value is -0.710. The fraction of sp³-hybridized carbons (Fsp3) is 0.571. The van der Waals surface area contributed by atoms with Gasteiger partial charge in [-0.05, 0) is 17.0 Å². The molecule has 1 fully saturated rings. The maximum atomic E-state index is 12.6. The zero-order valence-corrected chi connectivity index (χ0v) is 12.1. The summed E-state index contributed by atoms with van der Waals surface area (Å²) in [6.45, 7) is 9.29. The average Bonchev–Trinajstić information content (AvgIpc) is 2.38. The molecule has 1 unspecified atom stereocenters. The maximum absolute atomic E-state index is 12.6. The molecule has 2 rings (SSSR count). The third-order valence-electron chi connectivity index (χ3n) is 3.09. The molecule has 1 saturated heterocycles. The van der Waals surface area contributed by atoms with Crippen LogP contribution in [-0.2, 0) is 21.1 Å². The third kappa shape index (κ3) is 2.99. The quantitative estimate of drug-likeness (QED) is 0.823. The molecule has 4 heteroatoms. The molecule has 1 heterocycles. The Kier molecular flexibility index (Phi) is 4.20. The predicted octanol–water partition coefficient (Wildman–Crippen LogP) is 2.34. The molecule has 0 spiro atoms. The molecule has 0 bridgehead atoms. The SMILES string of the molecule is CC(C)(C)c1ccccc1S(=O)N1CCOCC1. The Morgan fingerprint density at radius 1 is 1.17 bits per heavy atom. The van der Waals surface area contributed by atoms with Gasteiger partial charge in [0.15, 0.2) is 0 Å². The molecule has 1 aliphatic heterocycles. The van der Waals surface area contributed by atoms with Crippen molar-refractivity contribution < 1.29 is 8.95 Å². The number of hydrogen-bond donors (Lipinski definition) is 0. The van der Waals surface area contributed by atoms with Crippen LogP contribution in [0.25, 0.3) is 0 Å². The summed E-state index contributed by atoms with van der Waals surface area (Å²) in [7, 11) is -1.07. The van der Waals surface area contributed by atoms with Gasteiger partial charge in [-0.3, -0.25) is 0 Å². The van der Waals surface area contributed by atoms with Gasteiger partial charge < -0.3 is 4.74 Å². The van der Waals surface area contributed by atoms with Crippen LogP contribution in [0.4, 0.5) is 0 Å². The lowest BCUT2D eigenvalue weighted by atomic mass is 9.87. The highest BCUT2D eigenvalue weighted by Gasteiger charge is 2.24. The summed E-state index contributed by atoms with van der Waals surface area (Å²) in [5.74, 6) is 0. The number of hydrogen-bond acceptors (Lipinski definition) is 2. The monoisotopic (exact) mass is 267 g/mol. The highest BCUT2D eigenvalue weighted by molar-refractivity contribution is 7.82. The molecular formula is C14H21NO2S. The van der Waals surface area contributed by atoms with Crippen molar-refractivity contribution in [3.05, 3.63) is 29.8 Å². The molecule has 0 N–H and O–H groups in total. The molecule has 0 amide bonds. The van der Waals surface area contributed by atoms with Crippen LogP contribution in [0.2, 0.25) is 0 Å². The summed E-state index contributed by atoms with van der Waals surface area (Å²) < 4.78 is 19.9. The first kappa shape index (κ1) is 13.7. The Labute approximate surface area is 112 Å². The molecule has 18 heavy (non-hydrogen) atoms. The fourth-order valence-electron chi connectivity index (χ4n) is 2.09. The van der Waals surface area contributed by atoms with Crippen LogP contribution in [0.15, 0.2) is 29.2 Å². The van der Waals surface area contributed by atoms with Crippen molar-refractivity contribution in [2.45, 2.75) is 31.1 Å². The van der Waals surface area contributed by atoms with Gasteiger partial charge in [-0.1, -0.05) is 39.0 Å². The van der Waals surface area contributed by atoms with Crippen LogP contribution in [0.5, 0.6) is 0 Å². The lowest BCUT2D eigenvalue weighted by Crippen LogP contribution is -2.38. The van der Waals surface area contributed by atoms with Crippen LogP contribution < -0.4 is 0 Å². The van der Waals surface area contributed by atoms with Gasteiger partial charge in [0.05, 0.1) is 18.1 Å². The molecule has 0 aromatic heterocycles. The van der Waals surface area contributed by atoms with Crippen molar-refractivity contribution in [3.8, 4) is 0 Å². The van der Waals surface area contributed by atoms with Crippen molar-refractivity contribution in [1.29, 1.82) is 0 Å². The van der Waals surface area contributed by atoms with E-state index in [-0.39, 0.29) is 5.41 Å². The average molecular weight is 267 g/mol. The van der Waals surface area contributed by atoms with E-state index in [1.807, 2.05) is 22.5 Å². The number of rotatable bonds is 2. The first-order valence-corrected chi connectivity index (χ1v) is 7.45. The van der Waals surface area contributed by atoms with Crippen molar-refractivity contribution in [2.24, 2.45) is 0 Å². The fourth-order valence-corrected chi connectivity index (χ4v) is 3.61. The van der Waals surface area contributed by atoms with Gasteiger partial charge in [0.2, 0.25) is 0 Å². The van der Waals surface area contributed by atoms with Crippen molar-refractivity contribution in [3.63, 3.8) is 0 Å². The van der Waals surface area contributed by atoms with E-state index in [2.05, 4.69) is 26.8 Å². The lowest BCUT2D eigenvalue weighted by molar-refractivity contribution is 0.0751. The number of morpholine rings is 1. The van der Waals surface area contributed by atoms with Gasteiger partial charge in [0, 0.05) is 13.1 Å². The second-order valence-corrected chi connectivity index (χ2v) is 6.99. The van der Waals surface area contributed by atoms with E-state index < -0.39 is 11.0 Å². The Morgan fingerprint density at radius 3 is 2.39 bits per heavy atom. The van der Waals surface area contributed by atoms with Crippen molar-refractivity contribution in [2.75, 3.05) is 26.3 Å². The first-order chi connectivity index (χ1) is 8.50. The molecular weight excluding hydrogens is 246 g/mol. The van der Waals surface area contributed by atoms with Crippen LogP contribution in [0, 0.1) is 0 Å². The predicted molar refractivity (Wildman–Crippen MR) is 73.9 cm³/mol. The minimum atomic E-state index is -1.07. The van der Waals surface area contributed by atoms with Crippen LogP contribution in [-0.4, -0.2) is 34.8 Å². The van der Waals surface area contributed by atoms with Crippen LogP contribution in [0.3, 0.4) is 0 Å². The van der Waals surface area contributed by atoms with Gasteiger partial charge in [0.1, 0.15) is 11.0 Å². The van der Waals surface area contributed by atoms with Gasteiger partial charge in [-0.25, -0.2) is 8.51 Å². The largest absolute Gasteiger partial charge is 0.379 e. The summed E-state index contributed by atoms with van der Waals surface area (Å²) in [4.78, 5) is 0.937. The second-order valence-electron chi connectivity index (χ2n) is 5.54. The molecule has 0 aliphatic carbocycles. The topological polar surface area (TPSA) is 29.5 Å². The van der Waals surface area contributed by atoms with Crippen molar-refractivity contribution in [1.82, 2.24) is 4.31 Å². The molecule has 1 aromatic rings. The first-order valence-electron chi connectivity index (χ1n) is 6.34. The van der Waals surface area contributed by atoms with Gasteiger partial charge in [-0.2, -0.15) is 0 Å². The highest BCUT2D eigenvalue weighted by atomic mass is 32.2. The lowest BCUT2D eigenvalue weighted by Gasteiger charge is -2.28. The summed E-state index contributed by atoms with van der Waals surface area (Å²) in [5.41, 5.74) is 1.17. The van der Waals surface area contributed by atoms with Gasteiger partial charge >= 0.3 is 0 Å². The number of benzene rings is 1. The highest BCUT2D eigenvalue weighted by Crippen LogP contribution is 2.28. The molecule has 1 aromatic carbocycles. The number of nitrogens with zero attached hydrogens (tertiary/aromatic N) is 1. The molecule has 0 radical (unpaired) electrons. The maximum Gasteiger partial charge on any atom is 0.128 e. The summed E-state index contributed by atoms with van der Waals surface area (Å²) in [5, 5.41) is 0. The number of ether oxygens (including phenoxy) is 1. The molecule has 100 valence electrons. The van der Waals surface area contributed by atoms with Gasteiger partial charge in [0.25, 0.3) is 0 Å². The van der Waals surface area contributed by atoms with E-state index in [9.17, 15) is 4.21 Å². The standard InChI is InChI=1S/C14H21NO2S/c1-14(2,3)12-6-4-5-7-13(12)18(16)15-8-10-17-11-9-15/h4-7H,8-11H2,1-3H3. The van der Waals surface area contributed by atoms with E-state index >= 15 is 0 Å². The van der Waals surface area contributed by atoms with Crippen LogP contribution >= 0.6 is 0 Å². The minimum absolute atomic E-state index is 0.0124. The van der Waals surface area contributed by atoms with Crippen LogP contribution in [0.1, 0.15) is 26.3 Å². The van der Waals surface area contributed by atoms with E-state index in [1.54, 1.807) is 0 Å². The summed E-state index contributed by atoms with van der Waals surface area (Å²) in [6.07, 6.45) is 0. The normalized spacial score (nSPS) is 19.7. The Bertz CT molecular complexity index is 434. The van der Waals surface area contributed by atoms with Gasteiger partial charge in [-0.15, -0.1) is 0 Å². The van der Waals surface area contributed by atoms with Crippen molar-refractivity contribution >= 4 is 11.0 Å². The molecule has 1 aliphatic rings. The summed E-state index contributed by atoms with van der Waals surface area (Å²) >= 11 is 0. The third-order valence-corrected chi connectivity index (χ3v) is 4.65. The van der Waals surface area contributed by atoms with E-state index in [0.717, 1.165) is 23.5 Å². The Balaban J connectivity index is 2.30. The summed E-state index contributed by atoms with van der Waals surface area (Å²) in [6, 6.07) is 8.03. The zero-order chi connectivity index (χ0) is 13.2.